The highest BCUT2D eigenvalue weighted by Gasteiger charge is 2.15. The average molecular weight is 481 g/mol. The zero-order valence-electron chi connectivity index (χ0n) is 19.4. The van der Waals surface area contributed by atoms with E-state index in [1.165, 1.54) is 11.3 Å². The predicted molar refractivity (Wildman–Crippen MR) is 134 cm³/mol. The molecule has 0 saturated carbocycles. The van der Waals surface area contributed by atoms with Gasteiger partial charge in [0.1, 0.15) is 11.4 Å². The minimum absolute atomic E-state index is 0.189. The van der Waals surface area contributed by atoms with Crippen LogP contribution < -0.4 is 24.8 Å². The van der Waals surface area contributed by atoms with Gasteiger partial charge in [0.2, 0.25) is 0 Å². The summed E-state index contributed by atoms with van der Waals surface area (Å²) < 4.78 is 15.7. The Morgan fingerprint density at radius 1 is 0.941 bits per heavy atom. The number of hydrogen-bond acceptors (Lipinski definition) is 6. The summed E-state index contributed by atoms with van der Waals surface area (Å²) in [6.45, 7) is 0.452. The van der Waals surface area contributed by atoms with Crippen LogP contribution >= 0.6 is 11.3 Å². The fraction of sp³-hybridized carbons (Fsp3) is 0.231. The number of benzene rings is 2. The summed E-state index contributed by atoms with van der Waals surface area (Å²) in [5.74, 6) is 1.29. The molecular formula is C26H28N2O5S. The van der Waals surface area contributed by atoms with Crippen LogP contribution in [0.25, 0.3) is 6.08 Å². The molecule has 0 unspecified atom stereocenters. The van der Waals surface area contributed by atoms with Crippen LogP contribution in [0.3, 0.4) is 0 Å². The molecule has 0 atom stereocenters. The van der Waals surface area contributed by atoms with Crippen LogP contribution in [0.1, 0.15) is 27.2 Å². The largest absolute Gasteiger partial charge is 0.497 e. The first-order valence-corrected chi connectivity index (χ1v) is 11.6. The number of thiophene rings is 1. The van der Waals surface area contributed by atoms with Gasteiger partial charge in [-0.2, -0.15) is 0 Å². The highest BCUT2D eigenvalue weighted by Crippen LogP contribution is 2.27. The van der Waals surface area contributed by atoms with Crippen LogP contribution in [0.15, 0.2) is 65.7 Å². The number of carbonyl (C=O) groups is 2. The molecule has 2 aromatic carbocycles. The van der Waals surface area contributed by atoms with E-state index in [0.717, 1.165) is 23.3 Å². The number of amides is 2. The van der Waals surface area contributed by atoms with Crippen molar-refractivity contribution in [2.75, 3.05) is 27.9 Å². The lowest BCUT2D eigenvalue weighted by atomic mass is 10.1. The SMILES string of the molecule is COc1ccc(C(=O)N/C(=C\c2cccs2)C(=O)NCCCc2ccc(OC)c(OC)c2)cc1. The molecule has 1 aromatic heterocycles. The molecule has 0 aliphatic carbocycles. The van der Waals surface area contributed by atoms with Gasteiger partial charge in [0, 0.05) is 17.0 Å². The molecule has 0 aliphatic heterocycles. The second-order valence-corrected chi connectivity index (χ2v) is 8.28. The zero-order chi connectivity index (χ0) is 24.3. The molecule has 0 spiro atoms. The van der Waals surface area contributed by atoms with E-state index in [1.54, 1.807) is 51.7 Å². The van der Waals surface area contributed by atoms with Crippen molar-refractivity contribution in [1.82, 2.24) is 10.6 Å². The zero-order valence-corrected chi connectivity index (χ0v) is 20.2. The monoisotopic (exact) mass is 480 g/mol. The van der Waals surface area contributed by atoms with E-state index in [2.05, 4.69) is 10.6 Å². The number of carbonyl (C=O) groups excluding carboxylic acids is 2. The molecule has 0 radical (unpaired) electrons. The normalized spacial score (nSPS) is 11.0. The number of ether oxygens (including phenoxy) is 3. The lowest BCUT2D eigenvalue weighted by Gasteiger charge is -2.12. The Kier molecular flexibility index (Phi) is 9.11. The molecule has 2 N–H and O–H groups in total. The first-order chi connectivity index (χ1) is 16.5. The number of aryl methyl sites for hydroxylation is 1. The molecule has 8 heteroatoms. The summed E-state index contributed by atoms with van der Waals surface area (Å²) in [4.78, 5) is 26.5. The molecule has 3 rings (SSSR count). The number of hydrogen-bond donors (Lipinski definition) is 2. The molecule has 34 heavy (non-hydrogen) atoms. The Bertz CT molecular complexity index is 1120. The molecule has 3 aromatic rings. The summed E-state index contributed by atoms with van der Waals surface area (Å²) in [5, 5.41) is 7.55. The molecular weight excluding hydrogens is 452 g/mol. The van der Waals surface area contributed by atoms with Gasteiger partial charge in [0.25, 0.3) is 11.8 Å². The number of nitrogens with one attached hydrogen (secondary N) is 2. The summed E-state index contributed by atoms with van der Waals surface area (Å²) in [7, 11) is 4.76. The van der Waals surface area contributed by atoms with Crippen molar-refractivity contribution < 1.29 is 23.8 Å². The predicted octanol–water partition coefficient (Wildman–Crippen LogP) is 4.29. The van der Waals surface area contributed by atoms with Crippen LogP contribution in [0, 0.1) is 0 Å². The minimum atomic E-state index is -0.370. The van der Waals surface area contributed by atoms with E-state index in [1.807, 2.05) is 35.7 Å². The maximum absolute atomic E-state index is 12.9. The summed E-state index contributed by atoms with van der Waals surface area (Å²) in [5.41, 5.74) is 1.70. The van der Waals surface area contributed by atoms with E-state index in [-0.39, 0.29) is 17.5 Å². The third kappa shape index (κ3) is 6.86. The lowest BCUT2D eigenvalue weighted by Crippen LogP contribution is -2.35. The van der Waals surface area contributed by atoms with Crippen LogP contribution in [0.4, 0.5) is 0 Å². The van der Waals surface area contributed by atoms with Gasteiger partial charge in [0.15, 0.2) is 11.5 Å². The van der Waals surface area contributed by atoms with Crippen molar-refractivity contribution in [1.29, 1.82) is 0 Å². The summed E-state index contributed by atoms with van der Waals surface area (Å²) in [6, 6.07) is 16.2. The topological polar surface area (TPSA) is 85.9 Å². The van der Waals surface area contributed by atoms with Crippen molar-refractivity contribution in [3.05, 3.63) is 81.7 Å². The van der Waals surface area contributed by atoms with Gasteiger partial charge in [0.05, 0.1) is 21.3 Å². The van der Waals surface area contributed by atoms with E-state index < -0.39 is 0 Å². The molecule has 0 aliphatic rings. The molecule has 0 saturated heterocycles. The van der Waals surface area contributed by atoms with Gasteiger partial charge in [-0.1, -0.05) is 12.1 Å². The molecule has 2 amide bonds. The third-order valence-corrected chi connectivity index (χ3v) is 5.87. The highest BCUT2D eigenvalue weighted by atomic mass is 32.1. The van der Waals surface area contributed by atoms with Crippen LogP contribution in [0.5, 0.6) is 17.2 Å². The fourth-order valence-electron chi connectivity index (χ4n) is 3.24. The fourth-order valence-corrected chi connectivity index (χ4v) is 3.89. The second kappa shape index (κ2) is 12.5. The lowest BCUT2D eigenvalue weighted by molar-refractivity contribution is -0.117. The first kappa shape index (κ1) is 24.9. The first-order valence-electron chi connectivity index (χ1n) is 10.7. The minimum Gasteiger partial charge on any atom is -0.497 e. The average Bonchev–Trinajstić information content (AvgIpc) is 3.39. The maximum Gasteiger partial charge on any atom is 0.267 e. The van der Waals surface area contributed by atoms with Crippen LogP contribution in [-0.4, -0.2) is 39.7 Å². The second-order valence-electron chi connectivity index (χ2n) is 7.30. The van der Waals surface area contributed by atoms with E-state index in [9.17, 15) is 9.59 Å². The highest BCUT2D eigenvalue weighted by molar-refractivity contribution is 7.10. The Morgan fingerprint density at radius 3 is 2.35 bits per heavy atom. The Labute approximate surface area is 203 Å². The Hall–Kier alpha value is -3.78. The van der Waals surface area contributed by atoms with E-state index in [4.69, 9.17) is 14.2 Å². The molecule has 0 fully saturated rings. The van der Waals surface area contributed by atoms with Crippen molar-refractivity contribution in [3.63, 3.8) is 0 Å². The standard InChI is InChI=1S/C26H28N2O5S/c1-31-20-11-9-19(10-12-20)25(29)28-22(17-21-7-5-15-34-21)26(30)27-14-4-6-18-8-13-23(32-2)24(16-18)33-3/h5,7-13,15-17H,4,6,14H2,1-3H3,(H,27,30)(H,28,29)/b22-17-. The van der Waals surface area contributed by atoms with Crippen molar-refractivity contribution >= 4 is 29.2 Å². The van der Waals surface area contributed by atoms with Crippen LogP contribution in [-0.2, 0) is 11.2 Å². The van der Waals surface area contributed by atoms with Crippen molar-refractivity contribution in [3.8, 4) is 17.2 Å². The van der Waals surface area contributed by atoms with Gasteiger partial charge in [-0.3, -0.25) is 9.59 Å². The Morgan fingerprint density at radius 2 is 1.71 bits per heavy atom. The van der Waals surface area contributed by atoms with E-state index in [0.29, 0.717) is 29.4 Å². The number of methoxy groups -OCH3 is 3. The summed E-state index contributed by atoms with van der Waals surface area (Å²) in [6.07, 6.45) is 3.15. The molecule has 0 bridgehead atoms. The summed E-state index contributed by atoms with van der Waals surface area (Å²) >= 11 is 1.48. The smallest absolute Gasteiger partial charge is 0.267 e. The van der Waals surface area contributed by atoms with E-state index >= 15 is 0 Å². The van der Waals surface area contributed by atoms with Crippen molar-refractivity contribution in [2.24, 2.45) is 0 Å². The van der Waals surface area contributed by atoms with Gasteiger partial charge < -0.3 is 24.8 Å². The van der Waals surface area contributed by atoms with Gasteiger partial charge in [-0.25, -0.2) is 0 Å². The molecule has 178 valence electrons. The van der Waals surface area contributed by atoms with Crippen molar-refractivity contribution in [2.45, 2.75) is 12.8 Å². The molecule has 7 nitrogen and oxygen atoms in total. The quantitative estimate of drug-likeness (QED) is 0.316. The van der Waals surface area contributed by atoms with Gasteiger partial charge in [-0.05, 0) is 72.3 Å². The van der Waals surface area contributed by atoms with Gasteiger partial charge >= 0.3 is 0 Å². The third-order valence-electron chi connectivity index (χ3n) is 5.05. The van der Waals surface area contributed by atoms with Gasteiger partial charge in [-0.15, -0.1) is 11.3 Å². The maximum atomic E-state index is 12.9. The Balaban J connectivity index is 1.61. The number of rotatable bonds is 11. The van der Waals surface area contributed by atoms with Crippen LogP contribution in [0.2, 0.25) is 0 Å². The molecule has 1 heterocycles.